The SMILES string of the molecule is Nc1c(/N=N/c2cc(S(=O)(=O)O)cc3cc(S(=O)(=O)O)ccc23)c(S(=O)(=O)O)cc2cc(S(=O)(=O)O)c(/N=N/c3ccccc3)c(O)c12. The van der Waals surface area contributed by atoms with Gasteiger partial charge in [-0.25, -0.2) is 0 Å². The molecule has 7 N–H and O–H groups in total. The van der Waals surface area contributed by atoms with Gasteiger partial charge in [0.15, 0.2) is 5.75 Å². The van der Waals surface area contributed by atoms with Gasteiger partial charge in [-0.2, -0.15) is 38.8 Å². The van der Waals surface area contributed by atoms with Crippen LogP contribution in [0.5, 0.6) is 5.75 Å². The van der Waals surface area contributed by atoms with Crippen LogP contribution in [0.25, 0.3) is 21.5 Å². The Morgan fingerprint density at radius 1 is 0.542 bits per heavy atom. The molecule has 18 nitrogen and oxygen atoms in total. The summed E-state index contributed by atoms with van der Waals surface area (Å²) in [5.41, 5.74) is 3.56. The standard InChI is InChI=1S/C26H19N5O13S4/c27-23-22-14(11-21(48(42,43)44)25(26(22)32)31-28-15-4-2-1-3-5-15)10-20(47(39,40)41)24(23)30-29-19-12-17(46(36,37)38)9-13-8-16(45(33,34)35)6-7-18(13)19/h1-12,32H,27H2,(H,33,34,35)(H,36,37,38)(H,39,40,41)(H,42,43,44)/b30-29+,31-28+. The molecule has 0 aliphatic carbocycles. The van der Waals surface area contributed by atoms with Crippen molar-refractivity contribution in [1.82, 2.24) is 0 Å². The molecule has 0 radical (unpaired) electrons. The molecule has 0 bridgehead atoms. The molecule has 0 spiro atoms. The van der Waals surface area contributed by atoms with Gasteiger partial charge in [0, 0.05) is 5.39 Å². The average molecular weight is 738 g/mol. The lowest BCUT2D eigenvalue weighted by molar-refractivity contribution is 0.472. The summed E-state index contributed by atoms with van der Waals surface area (Å²) in [5, 5.41) is 25.1. The molecule has 0 saturated carbocycles. The largest absolute Gasteiger partial charge is 0.505 e. The maximum Gasteiger partial charge on any atom is 0.296 e. The molecular weight excluding hydrogens is 719 g/mol. The number of phenols is 1. The Morgan fingerprint density at radius 3 is 1.65 bits per heavy atom. The van der Waals surface area contributed by atoms with Crippen LogP contribution in [0.1, 0.15) is 0 Å². The normalized spacial score (nSPS) is 13.2. The first-order valence-corrected chi connectivity index (χ1v) is 18.4. The van der Waals surface area contributed by atoms with E-state index in [-0.39, 0.29) is 16.5 Å². The van der Waals surface area contributed by atoms with Crippen LogP contribution in [0.15, 0.2) is 113 Å². The van der Waals surface area contributed by atoms with Crippen LogP contribution in [-0.4, -0.2) is 57.0 Å². The van der Waals surface area contributed by atoms with Crippen molar-refractivity contribution >= 4 is 90.5 Å². The lowest BCUT2D eigenvalue weighted by atomic mass is 10.1. The van der Waals surface area contributed by atoms with Gasteiger partial charge in [-0.1, -0.05) is 24.3 Å². The van der Waals surface area contributed by atoms with Crippen molar-refractivity contribution in [2.24, 2.45) is 20.5 Å². The van der Waals surface area contributed by atoms with E-state index >= 15 is 0 Å². The minimum absolute atomic E-state index is 0.0319. The Labute approximate surface area is 270 Å². The van der Waals surface area contributed by atoms with Gasteiger partial charge in [-0.05, 0) is 59.3 Å². The third kappa shape index (κ3) is 6.85. The fraction of sp³-hybridized carbons (Fsp3) is 0. The van der Waals surface area contributed by atoms with Gasteiger partial charge in [0.25, 0.3) is 40.5 Å². The van der Waals surface area contributed by atoms with E-state index in [0.29, 0.717) is 12.1 Å². The summed E-state index contributed by atoms with van der Waals surface area (Å²) in [6.45, 7) is 0. The number of azo groups is 2. The first-order valence-electron chi connectivity index (χ1n) is 12.6. The van der Waals surface area contributed by atoms with E-state index in [1.807, 2.05) is 0 Å². The zero-order valence-corrected chi connectivity index (χ0v) is 26.7. The number of benzene rings is 5. The maximum absolute atomic E-state index is 12.4. The fourth-order valence-corrected chi connectivity index (χ4v) is 6.88. The lowest BCUT2D eigenvalue weighted by Gasteiger charge is -2.14. The summed E-state index contributed by atoms with van der Waals surface area (Å²) in [6.07, 6.45) is 0. The molecule has 0 aromatic heterocycles. The van der Waals surface area contributed by atoms with Crippen LogP contribution < -0.4 is 5.73 Å². The molecule has 0 heterocycles. The second-order valence-electron chi connectivity index (χ2n) is 9.77. The summed E-state index contributed by atoms with van der Waals surface area (Å²) in [4.78, 5) is -3.57. The van der Waals surface area contributed by atoms with Crippen molar-refractivity contribution in [2.45, 2.75) is 19.6 Å². The number of aromatic hydroxyl groups is 1. The third-order valence-corrected chi connectivity index (χ3v) is 10.0. The molecule has 0 unspecified atom stereocenters. The van der Waals surface area contributed by atoms with E-state index in [2.05, 4.69) is 20.5 Å². The molecule has 5 rings (SSSR count). The number of hydrogen-bond donors (Lipinski definition) is 6. The zero-order valence-electron chi connectivity index (χ0n) is 23.4. The predicted octanol–water partition coefficient (Wildman–Crippen LogP) is 5.10. The average Bonchev–Trinajstić information content (AvgIpc) is 2.97. The van der Waals surface area contributed by atoms with Crippen LogP contribution in [0.2, 0.25) is 0 Å². The molecule has 5 aromatic rings. The van der Waals surface area contributed by atoms with Gasteiger partial charge in [-0.3, -0.25) is 18.2 Å². The van der Waals surface area contributed by atoms with E-state index in [1.54, 1.807) is 18.2 Å². The Balaban J connectivity index is 1.82. The summed E-state index contributed by atoms with van der Waals surface area (Å²) < 4.78 is 135. The molecule has 0 atom stereocenters. The van der Waals surface area contributed by atoms with Gasteiger partial charge >= 0.3 is 0 Å². The number of phenolic OH excluding ortho intramolecular Hbond substituents is 1. The van der Waals surface area contributed by atoms with E-state index in [9.17, 15) is 57.0 Å². The van der Waals surface area contributed by atoms with Crippen molar-refractivity contribution in [1.29, 1.82) is 0 Å². The minimum Gasteiger partial charge on any atom is -0.505 e. The second-order valence-corrected chi connectivity index (χ2v) is 15.4. The molecule has 5 aromatic carbocycles. The lowest BCUT2D eigenvalue weighted by Crippen LogP contribution is -2.03. The number of hydrogen-bond acceptors (Lipinski definition) is 14. The molecule has 0 aliphatic rings. The van der Waals surface area contributed by atoms with Crippen molar-refractivity contribution in [2.75, 3.05) is 5.73 Å². The molecule has 0 saturated heterocycles. The van der Waals surface area contributed by atoms with Crippen LogP contribution in [-0.2, 0) is 40.5 Å². The fourth-order valence-electron chi connectivity index (χ4n) is 4.50. The van der Waals surface area contributed by atoms with Crippen LogP contribution in [0.4, 0.5) is 28.4 Å². The Bertz CT molecular complexity index is 2680. The molecule has 0 amide bonds. The van der Waals surface area contributed by atoms with E-state index in [4.69, 9.17) is 5.73 Å². The number of nitrogens with zero attached hydrogens (tertiary/aromatic N) is 4. The second kappa shape index (κ2) is 11.9. The molecule has 22 heteroatoms. The Kier molecular flexibility index (Phi) is 8.56. The van der Waals surface area contributed by atoms with E-state index in [0.717, 1.165) is 30.3 Å². The van der Waals surface area contributed by atoms with Gasteiger partial charge in [-0.15, -0.1) is 15.3 Å². The first-order chi connectivity index (χ1) is 22.2. The number of rotatable bonds is 8. The van der Waals surface area contributed by atoms with E-state index in [1.165, 1.54) is 12.1 Å². The van der Waals surface area contributed by atoms with Crippen LogP contribution >= 0.6 is 0 Å². The topological polar surface area (TPSA) is 313 Å². The van der Waals surface area contributed by atoms with Gasteiger partial charge < -0.3 is 10.8 Å². The number of fused-ring (bicyclic) bond motifs is 2. The van der Waals surface area contributed by atoms with Crippen molar-refractivity contribution < 1.29 is 57.0 Å². The van der Waals surface area contributed by atoms with Crippen LogP contribution in [0.3, 0.4) is 0 Å². The summed E-state index contributed by atoms with van der Waals surface area (Å²) in [5.74, 6) is -1.02. The highest BCUT2D eigenvalue weighted by molar-refractivity contribution is 7.86. The van der Waals surface area contributed by atoms with Gasteiger partial charge in [0.1, 0.15) is 21.2 Å². The van der Waals surface area contributed by atoms with Crippen molar-refractivity contribution in [3.05, 3.63) is 72.8 Å². The smallest absolute Gasteiger partial charge is 0.296 e. The summed E-state index contributed by atoms with van der Waals surface area (Å²) >= 11 is 0. The van der Waals surface area contributed by atoms with Crippen LogP contribution in [0, 0.1) is 0 Å². The van der Waals surface area contributed by atoms with Crippen molar-refractivity contribution in [3.63, 3.8) is 0 Å². The van der Waals surface area contributed by atoms with Gasteiger partial charge in [0.2, 0.25) is 0 Å². The quantitative estimate of drug-likeness (QED) is 0.0686. The summed E-state index contributed by atoms with van der Waals surface area (Å²) in [6, 6.07) is 13.6. The number of nitrogen functional groups attached to an aromatic ring is 1. The zero-order chi connectivity index (χ0) is 35.4. The molecular formula is C26H19N5O13S4. The highest BCUT2D eigenvalue weighted by Crippen LogP contribution is 2.48. The monoisotopic (exact) mass is 737 g/mol. The first kappa shape index (κ1) is 34.4. The van der Waals surface area contributed by atoms with Crippen molar-refractivity contribution in [3.8, 4) is 5.75 Å². The molecule has 0 aliphatic heterocycles. The third-order valence-electron chi connectivity index (χ3n) is 6.62. The predicted molar refractivity (Wildman–Crippen MR) is 168 cm³/mol. The number of nitrogens with two attached hydrogens (primary N) is 1. The summed E-state index contributed by atoms with van der Waals surface area (Å²) in [7, 11) is -20.1. The minimum atomic E-state index is -5.26. The maximum atomic E-state index is 12.4. The Hall–Kier alpha value is -4.94. The number of anilines is 1. The molecule has 0 fully saturated rings. The highest BCUT2D eigenvalue weighted by atomic mass is 32.2. The highest BCUT2D eigenvalue weighted by Gasteiger charge is 2.28. The Morgan fingerprint density at radius 2 is 1.08 bits per heavy atom. The van der Waals surface area contributed by atoms with E-state index < -0.39 is 99.3 Å². The van der Waals surface area contributed by atoms with Gasteiger partial charge in [0.05, 0.1) is 32.2 Å². The molecule has 250 valence electrons. The molecule has 48 heavy (non-hydrogen) atoms.